The van der Waals surface area contributed by atoms with Crippen LogP contribution in [-0.2, 0) is 11.3 Å². The molecule has 0 aliphatic rings. The highest BCUT2D eigenvalue weighted by molar-refractivity contribution is 9.10. The highest BCUT2D eigenvalue weighted by Gasteiger charge is 2.17. The lowest BCUT2D eigenvalue weighted by atomic mass is 10.1. The van der Waals surface area contributed by atoms with Gasteiger partial charge in [0.1, 0.15) is 16.9 Å². The molecule has 2 aromatic carbocycles. The summed E-state index contributed by atoms with van der Waals surface area (Å²) in [6, 6.07) is 13.6. The Hall–Kier alpha value is -2.64. The van der Waals surface area contributed by atoms with Crippen molar-refractivity contribution in [1.82, 2.24) is 5.32 Å². The maximum absolute atomic E-state index is 12.2. The van der Waals surface area contributed by atoms with E-state index < -0.39 is 11.9 Å². The van der Waals surface area contributed by atoms with Gasteiger partial charge in [-0.1, -0.05) is 28.1 Å². The van der Waals surface area contributed by atoms with Gasteiger partial charge in [-0.05, 0) is 42.0 Å². The standard InChI is InChI=1S/C19H16BrNO5/c1-11(22)21-10-12-5-6-17-13(7-12)8-16(19(24)26-17)18(23)25-15-4-2-3-14(20)9-15/h2-9,18,23H,10H2,1H3,(H,21,22). The monoisotopic (exact) mass is 417 g/mol. The van der Waals surface area contributed by atoms with E-state index in [2.05, 4.69) is 21.2 Å². The smallest absolute Gasteiger partial charge is 0.345 e. The van der Waals surface area contributed by atoms with Crippen LogP contribution in [0.15, 0.2) is 62.2 Å². The molecule has 0 radical (unpaired) electrons. The van der Waals surface area contributed by atoms with E-state index in [0.29, 0.717) is 23.3 Å². The fraction of sp³-hybridized carbons (Fsp3) is 0.158. The van der Waals surface area contributed by atoms with Crippen molar-refractivity contribution in [2.75, 3.05) is 0 Å². The number of carbonyl (C=O) groups is 1. The van der Waals surface area contributed by atoms with Gasteiger partial charge in [0.15, 0.2) is 0 Å². The molecule has 1 amide bonds. The number of amides is 1. The second-order valence-electron chi connectivity index (χ2n) is 5.70. The second-order valence-corrected chi connectivity index (χ2v) is 6.61. The van der Waals surface area contributed by atoms with Gasteiger partial charge < -0.3 is 19.6 Å². The number of carbonyl (C=O) groups excluding carboxylic acids is 1. The van der Waals surface area contributed by atoms with E-state index >= 15 is 0 Å². The van der Waals surface area contributed by atoms with Crippen molar-refractivity contribution in [2.24, 2.45) is 0 Å². The van der Waals surface area contributed by atoms with Crippen LogP contribution in [-0.4, -0.2) is 11.0 Å². The van der Waals surface area contributed by atoms with E-state index in [0.717, 1.165) is 10.0 Å². The van der Waals surface area contributed by atoms with Gasteiger partial charge in [-0.3, -0.25) is 4.79 Å². The first-order valence-electron chi connectivity index (χ1n) is 7.84. The molecule has 0 spiro atoms. The van der Waals surface area contributed by atoms with Gasteiger partial charge in [-0.25, -0.2) is 4.79 Å². The molecule has 3 rings (SSSR count). The van der Waals surface area contributed by atoms with Crippen LogP contribution in [0.1, 0.15) is 24.3 Å². The number of benzene rings is 2. The van der Waals surface area contributed by atoms with Crippen molar-refractivity contribution in [3.05, 3.63) is 74.6 Å². The van der Waals surface area contributed by atoms with Crippen LogP contribution in [0.4, 0.5) is 0 Å². The average molecular weight is 418 g/mol. The molecule has 1 atom stereocenters. The molecule has 0 aliphatic heterocycles. The Morgan fingerprint density at radius 1 is 1.27 bits per heavy atom. The lowest BCUT2D eigenvalue weighted by Gasteiger charge is -2.13. The number of nitrogens with one attached hydrogen (secondary N) is 1. The molecule has 0 saturated carbocycles. The van der Waals surface area contributed by atoms with Crippen LogP contribution in [0.3, 0.4) is 0 Å². The summed E-state index contributed by atoms with van der Waals surface area (Å²) in [5.74, 6) is 0.272. The zero-order valence-corrected chi connectivity index (χ0v) is 15.4. The number of rotatable bonds is 5. The Kier molecular flexibility index (Phi) is 5.39. The molecule has 1 heterocycles. The third-order valence-corrected chi connectivity index (χ3v) is 4.17. The number of aliphatic hydroxyl groups excluding tert-OH is 1. The Morgan fingerprint density at radius 3 is 2.81 bits per heavy atom. The minimum atomic E-state index is -1.47. The maximum atomic E-state index is 12.2. The average Bonchev–Trinajstić information content (AvgIpc) is 2.59. The predicted molar refractivity (Wildman–Crippen MR) is 99.7 cm³/mol. The summed E-state index contributed by atoms with van der Waals surface area (Å²) in [7, 11) is 0. The van der Waals surface area contributed by atoms with Gasteiger partial charge in [0.05, 0.1) is 0 Å². The predicted octanol–water partition coefficient (Wildman–Crippen LogP) is 3.26. The van der Waals surface area contributed by atoms with Gasteiger partial charge >= 0.3 is 5.63 Å². The molecule has 0 fully saturated rings. The SMILES string of the molecule is CC(=O)NCc1ccc2oc(=O)c(C(O)Oc3cccc(Br)c3)cc2c1. The normalized spacial score (nSPS) is 12.0. The molecular weight excluding hydrogens is 402 g/mol. The van der Waals surface area contributed by atoms with Gasteiger partial charge in [-0.15, -0.1) is 0 Å². The molecule has 2 N–H and O–H groups in total. The van der Waals surface area contributed by atoms with E-state index in [1.807, 2.05) is 6.07 Å². The zero-order chi connectivity index (χ0) is 18.7. The molecule has 1 aromatic heterocycles. The van der Waals surface area contributed by atoms with Gasteiger partial charge in [0.2, 0.25) is 12.2 Å². The van der Waals surface area contributed by atoms with Crippen LogP contribution in [0.5, 0.6) is 5.75 Å². The number of aliphatic hydroxyl groups is 1. The summed E-state index contributed by atoms with van der Waals surface area (Å²) >= 11 is 3.32. The number of fused-ring (bicyclic) bond motifs is 1. The molecule has 0 bridgehead atoms. The summed E-state index contributed by atoms with van der Waals surface area (Å²) in [6.07, 6.45) is -1.47. The lowest BCUT2D eigenvalue weighted by molar-refractivity contribution is -0.119. The van der Waals surface area contributed by atoms with Crippen molar-refractivity contribution < 1.29 is 19.1 Å². The Morgan fingerprint density at radius 2 is 2.08 bits per heavy atom. The first kappa shape index (κ1) is 18.2. The number of ether oxygens (including phenoxy) is 1. The highest BCUT2D eigenvalue weighted by atomic mass is 79.9. The minimum absolute atomic E-state index is 0.00541. The lowest BCUT2D eigenvalue weighted by Crippen LogP contribution is -2.19. The number of halogens is 1. The first-order valence-corrected chi connectivity index (χ1v) is 8.63. The third-order valence-electron chi connectivity index (χ3n) is 3.67. The van der Waals surface area contributed by atoms with Crippen LogP contribution in [0.25, 0.3) is 11.0 Å². The topological polar surface area (TPSA) is 88.8 Å². The maximum Gasteiger partial charge on any atom is 0.345 e. The van der Waals surface area contributed by atoms with E-state index in [-0.39, 0.29) is 11.5 Å². The molecule has 7 heteroatoms. The first-order chi connectivity index (χ1) is 12.4. The van der Waals surface area contributed by atoms with Crippen LogP contribution in [0, 0.1) is 0 Å². The van der Waals surface area contributed by atoms with E-state index in [1.165, 1.54) is 13.0 Å². The summed E-state index contributed by atoms with van der Waals surface area (Å²) in [5.41, 5.74) is 0.554. The summed E-state index contributed by atoms with van der Waals surface area (Å²) < 4.78 is 11.5. The van der Waals surface area contributed by atoms with Crippen molar-refractivity contribution in [2.45, 2.75) is 19.8 Å². The Labute approximate surface area is 157 Å². The largest absolute Gasteiger partial charge is 0.460 e. The van der Waals surface area contributed by atoms with E-state index in [9.17, 15) is 14.7 Å². The highest BCUT2D eigenvalue weighted by Crippen LogP contribution is 2.24. The van der Waals surface area contributed by atoms with Crippen LogP contribution >= 0.6 is 15.9 Å². The summed E-state index contributed by atoms with van der Waals surface area (Å²) in [5, 5.41) is 13.6. The fourth-order valence-corrected chi connectivity index (χ4v) is 2.81. The van der Waals surface area contributed by atoms with Crippen molar-refractivity contribution in [1.29, 1.82) is 0 Å². The summed E-state index contributed by atoms with van der Waals surface area (Å²) in [6.45, 7) is 1.80. The van der Waals surface area contributed by atoms with Gasteiger partial charge in [0.25, 0.3) is 0 Å². The van der Waals surface area contributed by atoms with Crippen molar-refractivity contribution in [3.63, 3.8) is 0 Å². The van der Waals surface area contributed by atoms with E-state index in [1.54, 1.807) is 36.4 Å². The molecule has 1 unspecified atom stereocenters. The quantitative estimate of drug-likeness (QED) is 0.491. The van der Waals surface area contributed by atoms with Crippen LogP contribution in [0.2, 0.25) is 0 Å². The van der Waals surface area contributed by atoms with Gasteiger partial charge in [0, 0.05) is 23.3 Å². The van der Waals surface area contributed by atoms with Crippen molar-refractivity contribution >= 4 is 32.8 Å². The molecule has 3 aromatic rings. The van der Waals surface area contributed by atoms with Crippen LogP contribution < -0.4 is 15.7 Å². The Balaban J connectivity index is 1.90. The molecule has 26 heavy (non-hydrogen) atoms. The number of hydrogen-bond acceptors (Lipinski definition) is 5. The zero-order valence-electron chi connectivity index (χ0n) is 13.9. The number of hydrogen-bond donors (Lipinski definition) is 2. The third kappa shape index (κ3) is 4.30. The van der Waals surface area contributed by atoms with E-state index in [4.69, 9.17) is 9.15 Å². The molecule has 0 aliphatic carbocycles. The Bertz CT molecular complexity index is 1010. The minimum Gasteiger partial charge on any atom is -0.460 e. The van der Waals surface area contributed by atoms with Gasteiger partial charge in [-0.2, -0.15) is 0 Å². The molecule has 6 nitrogen and oxygen atoms in total. The second kappa shape index (κ2) is 7.72. The molecule has 0 saturated heterocycles. The fourth-order valence-electron chi connectivity index (χ4n) is 2.43. The summed E-state index contributed by atoms with van der Waals surface area (Å²) in [4.78, 5) is 23.2. The molecular formula is C19H16BrNO5. The molecule has 134 valence electrons. The van der Waals surface area contributed by atoms with Crippen molar-refractivity contribution in [3.8, 4) is 5.75 Å².